The quantitative estimate of drug-likeness (QED) is 0.425. The fourth-order valence-corrected chi connectivity index (χ4v) is 3.21. The topological polar surface area (TPSA) is 63.3 Å². The second-order valence-corrected chi connectivity index (χ2v) is 6.33. The van der Waals surface area contributed by atoms with Gasteiger partial charge in [0.25, 0.3) is 0 Å². The molecule has 2 aromatic heterocycles. The van der Waals surface area contributed by atoms with Gasteiger partial charge >= 0.3 is 0 Å². The summed E-state index contributed by atoms with van der Waals surface area (Å²) in [5.74, 6) is 1.65. The third-order valence-electron chi connectivity index (χ3n) is 4.64. The Morgan fingerprint density at radius 3 is 2.72 bits per heavy atom. The molecule has 1 aliphatic heterocycles. The number of hydrogen-bond donors (Lipinski definition) is 1. The third-order valence-corrected chi connectivity index (χ3v) is 4.64. The Morgan fingerprint density at radius 1 is 1.24 bits per heavy atom. The lowest BCUT2D eigenvalue weighted by atomic mass is 9.93. The number of likely N-dealkylation sites (tertiary alicyclic amines) is 1. The fraction of sp³-hybridized carbons (Fsp3) is 0.588. The van der Waals surface area contributed by atoms with Gasteiger partial charge in [-0.1, -0.05) is 6.92 Å². The Hall–Kier alpha value is -1.58. The number of guanidine groups is 1. The van der Waals surface area contributed by atoms with Crippen molar-refractivity contribution in [2.24, 2.45) is 10.9 Å². The van der Waals surface area contributed by atoms with Crippen LogP contribution in [0.15, 0.2) is 42.4 Å². The zero-order chi connectivity index (χ0) is 16.8. The second-order valence-electron chi connectivity index (χ2n) is 6.33. The van der Waals surface area contributed by atoms with Crippen LogP contribution in [0.4, 0.5) is 0 Å². The lowest BCUT2D eigenvalue weighted by Gasteiger charge is -2.39. The van der Waals surface area contributed by atoms with E-state index in [1.807, 2.05) is 25.0 Å². The van der Waals surface area contributed by atoms with Crippen molar-refractivity contribution >= 4 is 29.9 Å². The lowest BCUT2D eigenvalue weighted by Crippen LogP contribution is -2.49. The molecule has 8 heteroatoms. The molecule has 0 radical (unpaired) electrons. The van der Waals surface area contributed by atoms with Crippen LogP contribution in [0.25, 0.3) is 0 Å². The van der Waals surface area contributed by atoms with E-state index in [0.717, 1.165) is 45.1 Å². The summed E-state index contributed by atoms with van der Waals surface area (Å²) >= 11 is 0. The highest BCUT2D eigenvalue weighted by molar-refractivity contribution is 14.0. The monoisotopic (exact) mass is 457 g/mol. The highest BCUT2D eigenvalue weighted by atomic mass is 127. The Bertz CT molecular complexity index is 623. The van der Waals surface area contributed by atoms with E-state index in [1.165, 1.54) is 0 Å². The van der Waals surface area contributed by atoms with Gasteiger partial charge in [0, 0.05) is 51.0 Å². The van der Waals surface area contributed by atoms with E-state index >= 15 is 0 Å². The Balaban J connectivity index is 0.00000225. The van der Waals surface area contributed by atoms with Gasteiger partial charge in [-0.2, -0.15) is 0 Å². The van der Waals surface area contributed by atoms with Crippen LogP contribution in [-0.4, -0.2) is 56.1 Å². The second kappa shape index (κ2) is 9.79. The van der Waals surface area contributed by atoms with Gasteiger partial charge in [-0.15, -0.1) is 24.0 Å². The molecular weight excluding hydrogens is 429 g/mol. The number of aromatic nitrogens is 4. The molecule has 3 rings (SSSR count). The first kappa shape index (κ1) is 19.7. The molecule has 1 N–H and O–H groups in total. The van der Waals surface area contributed by atoms with Crippen molar-refractivity contribution in [2.45, 2.75) is 32.9 Å². The normalized spacial score (nSPS) is 21.0. The maximum atomic E-state index is 4.81. The molecule has 2 unspecified atom stereocenters. The molecule has 25 heavy (non-hydrogen) atoms. The van der Waals surface area contributed by atoms with Gasteiger partial charge in [0.15, 0.2) is 5.96 Å². The van der Waals surface area contributed by atoms with Crippen LogP contribution in [0.3, 0.4) is 0 Å². The number of piperidine rings is 1. The van der Waals surface area contributed by atoms with Gasteiger partial charge in [-0.3, -0.25) is 4.99 Å². The zero-order valence-corrected chi connectivity index (χ0v) is 17.3. The van der Waals surface area contributed by atoms with Crippen LogP contribution in [0, 0.1) is 5.92 Å². The van der Waals surface area contributed by atoms with Crippen molar-refractivity contribution in [1.29, 1.82) is 0 Å². The maximum Gasteiger partial charge on any atom is 0.194 e. The predicted octanol–water partition coefficient (Wildman–Crippen LogP) is 2.25. The molecule has 0 aromatic carbocycles. The van der Waals surface area contributed by atoms with Gasteiger partial charge < -0.3 is 19.4 Å². The van der Waals surface area contributed by atoms with Crippen molar-refractivity contribution in [3.8, 4) is 0 Å². The minimum atomic E-state index is 0. The number of aliphatic imine (C=N–C) groups is 1. The number of nitrogens with zero attached hydrogens (tertiary/aromatic N) is 6. The summed E-state index contributed by atoms with van der Waals surface area (Å²) in [5.41, 5.74) is 0. The highest BCUT2D eigenvalue weighted by Crippen LogP contribution is 2.27. The van der Waals surface area contributed by atoms with Crippen LogP contribution in [0.5, 0.6) is 0 Å². The van der Waals surface area contributed by atoms with E-state index in [-0.39, 0.29) is 24.0 Å². The third kappa shape index (κ3) is 5.20. The number of hydrogen-bond acceptors (Lipinski definition) is 3. The van der Waals surface area contributed by atoms with Crippen molar-refractivity contribution in [3.05, 3.63) is 37.4 Å². The first-order valence-electron chi connectivity index (χ1n) is 8.74. The van der Waals surface area contributed by atoms with E-state index < -0.39 is 0 Å². The van der Waals surface area contributed by atoms with Crippen LogP contribution >= 0.6 is 24.0 Å². The summed E-state index contributed by atoms with van der Waals surface area (Å²) in [6.07, 6.45) is 12.6. The van der Waals surface area contributed by atoms with Gasteiger partial charge in [-0.05, 0) is 19.3 Å². The van der Waals surface area contributed by atoms with E-state index in [4.69, 9.17) is 4.99 Å². The number of imidazole rings is 2. The van der Waals surface area contributed by atoms with Crippen molar-refractivity contribution in [3.63, 3.8) is 0 Å². The first-order chi connectivity index (χ1) is 11.8. The van der Waals surface area contributed by atoms with Crippen LogP contribution < -0.4 is 5.32 Å². The summed E-state index contributed by atoms with van der Waals surface area (Å²) < 4.78 is 4.28. The summed E-state index contributed by atoms with van der Waals surface area (Å²) in [6, 6.07) is 0.443. The molecule has 0 spiro atoms. The molecule has 7 nitrogen and oxygen atoms in total. The molecule has 2 atom stereocenters. The molecule has 1 fully saturated rings. The molecule has 1 saturated heterocycles. The van der Waals surface area contributed by atoms with Crippen LogP contribution in [-0.2, 0) is 6.54 Å². The summed E-state index contributed by atoms with van der Waals surface area (Å²) in [6.45, 7) is 8.93. The molecule has 0 bridgehead atoms. The number of nitrogens with one attached hydrogen (secondary N) is 1. The van der Waals surface area contributed by atoms with Crippen molar-refractivity contribution in [2.75, 3.05) is 26.2 Å². The Labute approximate surface area is 166 Å². The number of rotatable bonds is 5. The fourth-order valence-electron chi connectivity index (χ4n) is 3.21. The largest absolute Gasteiger partial charge is 0.357 e. The molecule has 138 valence electrons. The van der Waals surface area contributed by atoms with Crippen LogP contribution in [0.2, 0.25) is 0 Å². The lowest BCUT2D eigenvalue weighted by molar-refractivity contribution is 0.189. The average Bonchev–Trinajstić information content (AvgIpc) is 3.28. The molecule has 1 aliphatic rings. The average molecular weight is 457 g/mol. The minimum absolute atomic E-state index is 0. The SMILES string of the molecule is CCNC(=NCCn1ccnc1)N1CCC(C)C(n2ccnc2)C1.I. The molecule has 0 saturated carbocycles. The van der Waals surface area contributed by atoms with Crippen LogP contribution in [0.1, 0.15) is 26.3 Å². The van der Waals surface area contributed by atoms with Gasteiger partial charge in [0.1, 0.15) is 0 Å². The molecule has 3 heterocycles. The highest BCUT2D eigenvalue weighted by Gasteiger charge is 2.28. The predicted molar refractivity (Wildman–Crippen MR) is 110 cm³/mol. The van der Waals surface area contributed by atoms with Gasteiger partial charge in [-0.25, -0.2) is 9.97 Å². The Morgan fingerprint density at radius 2 is 2.04 bits per heavy atom. The van der Waals surface area contributed by atoms with E-state index in [1.54, 1.807) is 6.20 Å². The smallest absolute Gasteiger partial charge is 0.194 e. The first-order valence-corrected chi connectivity index (χ1v) is 8.74. The maximum absolute atomic E-state index is 4.81. The van der Waals surface area contributed by atoms with E-state index in [9.17, 15) is 0 Å². The zero-order valence-electron chi connectivity index (χ0n) is 15.0. The van der Waals surface area contributed by atoms with Gasteiger partial charge in [0.2, 0.25) is 0 Å². The standard InChI is InChI=1S/C17H27N7.HI/c1-3-20-17(21-7-10-22-9-5-18-13-22)23-8-4-15(2)16(12-23)24-11-6-19-14-24;/h5-6,9,11,13-16H,3-4,7-8,10,12H2,1-2H3,(H,20,21);1H. The summed E-state index contributed by atoms with van der Waals surface area (Å²) in [4.78, 5) is 15.5. The van der Waals surface area contributed by atoms with Crippen molar-refractivity contribution < 1.29 is 0 Å². The minimum Gasteiger partial charge on any atom is -0.357 e. The van der Waals surface area contributed by atoms with E-state index in [0.29, 0.717) is 12.0 Å². The summed E-state index contributed by atoms with van der Waals surface area (Å²) in [5, 5.41) is 3.44. The molecule has 2 aromatic rings. The summed E-state index contributed by atoms with van der Waals surface area (Å²) in [7, 11) is 0. The van der Waals surface area contributed by atoms with Crippen molar-refractivity contribution in [1.82, 2.24) is 29.3 Å². The van der Waals surface area contributed by atoms with Gasteiger partial charge in [0.05, 0.1) is 25.2 Å². The molecular formula is C17H28IN7. The molecule has 0 aliphatic carbocycles. The number of halogens is 1. The molecule has 0 amide bonds. The van der Waals surface area contributed by atoms with E-state index in [2.05, 4.69) is 49.4 Å². The Kier molecular flexibility index (Phi) is 7.73.